The Morgan fingerprint density at radius 2 is 1.13 bits per heavy atom. The summed E-state index contributed by atoms with van der Waals surface area (Å²) in [5, 5.41) is 10.2. The molecule has 12 nitrogen and oxygen atoms in total. The van der Waals surface area contributed by atoms with Crippen LogP contribution >= 0.6 is 34.8 Å². The maximum absolute atomic E-state index is 11.9. The molecule has 0 aliphatic carbocycles. The number of nitrogens with zero attached hydrogens (tertiary/aromatic N) is 6. The fraction of sp³-hybridized carbons (Fsp3) is 0.135. The first kappa shape index (κ1) is 39.1. The van der Waals surface area contributed by atoms with Crippen molar-refractivity contribution in [3.8, 4) is 33.9 Å². The summed E-state index contributed by atoms with van der Waals surface area (Å²) in [6, 6.07) is 19.2. The predicted octanol–water partition coefficient (Wildman–Crippen LogP) is 6.93. The number of Topliss-reactive ketones (excluding diaryl/α,β-unsaturated/α-hetero) is 2. The summed E-state index contributed by atoms with van der Waals surface area (Å²) in [4.78, 5) is 54.7. The molecule has 0 saturated carbocycles. The first-order valence-electron chi connectivity index (χ1n) is 15.2. The highest BCUT2D eigenvalue weighted by atomic mass is 35.5. The Hall–Kier alpha value is -5.69. The van der Waals surface area contributed by atoms with Gasteiger partial charge < -0.3 is 11.5 Å². The molecule has 2 amide bonds. The Kier molecular flexibility index (Phi) is 12.8. The van der Waals surface area contributed by atoms with Gasteiger partial charge in [0.25, 0.3) is 11.8 Å². The topological polar surface area (TPSA) is 182 Å². The summed E-state index contributed by atoms with van der Waals surface area (Å²) < 4.78 is 2.97. The number of halogens is 3. The van der Waals surface area contributed by atoms with Gasteiger partial charge >= 0.3 is 0 Å². The fourth-order valence-electron chi connectivity index (χ4n) is 5.03. The van der Waals surface area contributed by atoms with E-state index >= 15 is 0 Å². The molecule has 0 aliphatic rings. The van der Waals surface area contributed by atoms with E-state index in [2.05, 4.69) is 20.2 Å². The number of hydrogen-bond donors (Lipinski definition) is 2. The van der Waals surface area contributed by atoms with Crippen LogP contribution in [-0.2, 0) is 22.4 Å². The third kappa shape index (κ3) is 9.15. The third-order valence-electron chi connectivity index (χ3n) is 7.28. The molecule has 6 rings (SSSR count). The zero-order chi connectivity index (χ0) is 36.8. The Balaban J connectivity index is 0.000000228. The SMILES string of the molecule is C.CC(=O)Cc1cc(-n2cc(C(N)=O)c(-c3ccccc3Cl)n2)c(Cl)cn1.CC(=O)Cc1cc(-n2cc(C(N)=O)c(-c3ccccc3Cl)n2)ccn1. The van der Waals surface area contributed by atoms with Gasteiger partial charge in [-0.15, -0.1) is 0 Å². The van der Waals surface area contributed by atoms with E-state index in [1.807, 2.05) is 6.07 Å². The van der Waals surface area contributed by atoms with Gasteiger partial charge in [-0.3, -0.25) is 29.1 Å². The minimum absolute atomic E-state index is 0. The second-order valence-corrected chi connectivity index (χ2v) is 12.5. The van der Waals surface area contributed by atoms with Crippen LogP contribution in [0.4, 0.5) is 0 Å². The van der Waals surface area contributed by atoms with Crippen molar-refractivity contribution in [2.45, 2.75) is 34.1 Å². The molecule has 4 aromatic heterocycles. The zero-order valence-corrected chi connectivity index (χ0v) is 29.4. The number of nitrogens with two attached hydrogens (primary N) is 2. The summed E-state index contributed by atoms with van der Waals surface area (Å²) in [6.07, 6.45) is 6.47. The van der Waals surface area contributed by atoms with Crippen LogP contribution in [0.15, 0.2) is 91.5 Å². The second kappa shape index (κ2) is 17.0. The standard InChI is InChI=1S/C18H14Cl2N4O2.C18H15ClN4O2.CH4/c1-10(25)6-11-7-16(15(20)8-22-11)24-9-13(18(21)26)17(23-24)12-4-2-3-5-14(12)19;1-11(24)8-12-9-13(6-7-21-12)23-10-15(18(20)25)17(22-23)14-4-2-3-5-16(14)19;/h2-5,7-9H,6H2,1H3,(H2,21,26);2-7,9-10H,8H2,1H3,(H2,20,25);1H4. The van der Waals surface area contributed by atoms with Crippen molar-refractivity contribution < 1.29 is 19.2 Å². The largest absolute Gasteiger partial charge is 0.365 e. The quantitative estimate of drug-likeness (QED) is 0.151. The van der Waals surface area contributed by atoms with Gasteiger partial charge in [0.15, 0.2) is 0 Å². The molecule has 0 spiro atoms. The van der Waals surface area contributed by atoms with Crippen LogP contribution in [0.2, 0.25) is 15.1 Å². The molecule has 0 bridgehead atoms. The minimum Gasteiger partial charge on any atom is -0.365 e. The Morgan fingerprint density at radius 1 is 0.654 bits per heavy atom. The van der Waals surface area contributed by atoms with Gasteiger partial charge in [-0.25, -0.2) is 9.36 Å². The number of carbonyl (C=O) groups excluding carboxylic acids is 4. The fourth-order valence-corrected chi connectivity index (χ4v) is 5.67. The minimum atomic E-state index is -0.639. The molecule has 4 heterocycles. The van der Waals surface area contributed by atoms with Crippen LogP contribution in [0.25, 0.3) is 33.9 Å². The molecule has 0 radical (unpaired) electrons. The lowest BCUT2D eigenvalue weighted by Crippen LogP contribution is -2.11. The van der Waals surface area contributed by atoms with Gasteiger partial charge in [-0.1, -0.05) is 78.6 Å². The van der Waals surface area contributed by atoms with Crippen LogP contribution in [-0.4, -0.2) is 52.9 Å². The molecule has 0 saturated heterocycles. The molecule has 0 fully saturated rings. The summed E-state index contributed by atoms with van der Waals surface area (Å²) in [5.74, 6) is -1.25. The lowest BCUT2D eigenvalue weighted by molar-refractivity contribution is -0.117. The van der Waals surface area contributed by atoms with E-state index in [1.165, 1.54) is 35.6 Å². The monoisotopic (exact) mass is 758 g/mol. The van der Waals surface area contributed by atoms with Gasteiger partial charge in [0, 0.05) is 60.1 Å². The van der Waals surface area contributed by atoms with Crippen LogP contribution in [0.5, 0.6) is 0 Å². The average molecular weight is 760 g/mol. The molecule has 4 N–H and O–H groups in total. The van der Waals surface area contributed by atoms with Gasteiger partial charge in [0.1, 0.15) is 23.0 Å². The summed E-state index contributed by atoms with van der Waals surface area (Å²) in [7, 11) is 0. The predicted molar refractivity (Wildman–Crippen MR) is 201 cm³/mol. The van der Waals surface area contributed by atoms with Crippen LogP contribution in [0, 0.1) is 0 Å². The first-order chi connectivity index (χ1) is 24.3. The molecule has 15 heteroatoms. The highest BCUT2D eigenvalue weighted by molar-refractivity contribution is 6.34. The molecule has 0 aliphatic heterocycles. The van der Waals surface area contributed by atoms with Crippen LogP contribution in [0.3, 0.4) is 0 Å². The maximum Gasteiger partial charge on any atom is 0.252 e. The van der Waals surface area contributed by atoms with E-state index in [0.717, 1.165) is 0 Å². The molecule has 52 heavy (non-hydrogen) atoms. The smallest absolute Gasteiger partial charge is 0.252 e. The lowest BCUT2D eigenvalue weighted by Gasteiger charge is -2.06. The third-order valence-corrected chi connectivity index (χ3v) is 8.23. The summed E-state index contributed by atoms with van der Waals surface area (Å²) in [6.45, 7) is 2.98. The van der Waals surface area contributed by atoms with Gasteiger partial charge in [0.2, 0.25) is 0 Å². The molecule has 266 valence electrons. The first-order valence-corrected chi connectivity index (χ1v) is 16.3. The average Bonchev–Trinajstić information content (AvgIpc) is 3.72. The number of benzene rings is 2. The van der Waals surface area contributed by atoms with E-state index in [9.17, 15) is 19.2 Å². The van der Waals surface area contributed by atoms with Gasteiger partial charge in [-0.2, -0.15) is 10.2 Å². The number of amides is 2. The number of pyridine rings is 2. The molecule has 0 unspecified atom stereocenters. The summed E-state index contributed by atoms with van der Waals surface area (Å²) in [5.41, 5.74) is 15.8. The number of carbonyl (C=O) groups is 4. The number of aromatic nitrogens is 6. The molecular weight excluding hydrogens is 727 g/mol. The molecule has 6 aromatic rings. The summed E-state index contributed by atoms with van der Waals surface area (Å²) >= 11 is 18.7. The van der Waals surface area contributed by atoms with Crippen molar-refractivity contribution in [2.75, 3.05) is 0 Å². The normalized spacial score (nSPS) is 10.5. The Morgan fingerprint density at radius 3 is 1.63 bits per heavy atom. The van der Waals surface area contributed by atoms with Crippen molar-refractivity contribution in [2.24, 2.45) is 11.5 Å². The zero-order valence-electron chi connectivity index (χ0n) is 27.2. The van der Waals surface area contributed by atoms with E-state index < -0.39 is 11.8 Å². The number of ketones is 2. The van der Waals surface area contributed by atoms with Crippen molar-refractivity contribution in [1.29, 1.82) is 0 Å². The Labute approximate surface area is 314 Å². The van der Waals surface area contributed by atoms with Gasteiger partial charge in [-0.05, 0) is 44.2 Å². The number of primary amides is 2. The number of hydrogen-bond acceptors (Lipinski definition) is 8. The van der Waals surface area contributed by atoms with Gasteiger partial charge in [0.05, 0.1) is 37.6 Å². The lowest BCUT2D eigenvalue weighted by atomic mass is 10.1. The van der Waals surface area contributed by atoms with Crippen LogP contribution < -0.4 is 11.5 Å². The molecular formula is C37H33Cl3N8O4. The highest BCUT2D eigenvalue weighted by Gasteiger charge is 2.21. The van der Waals surface area contributed by atoms with E-state index in [1.54, 1.807) is 73.1 Å². The van der Waals surface area contributed by atoms with Crippen molar-refractivity contribution in [1.82, 2.24) is 29.5 Å². The van der Waals surface area contributed by atoms with E-state index in [-0.39, 0.29) is 43.0 Å². The maximum atomic E-state index is 11.9. The van der Waals surface area contributed by atoms with Crippen molar-refractivity contribution >= 4 is 58.2 Å². The van der Waals surface area contributed by atoms with Crippen molar-refractivity contribution in [3.05, 3.63) is 129 Å². The highest BCUT2D eigenvalue weighted by Crippen LogP contribution is 2.32. The molecule has 2 aromatic carbocycles. The van der Waals surface area contributed by atoms with E-state index in [4.69, 9.17) is 46.3 Å². The number of rotatable bonds is 10. The Bertz CT molecular complexity index is 2300. The van der Waals surface area contributed by atoms with E-state index in [0.29, 0.717) is 60.3 Å². The second-order valence-electron chi connectivity index (χ2n) is 11.3. The molecule has 0 atom stereocenters. The van der Waals surface area contributed by atoms with Crippen LogP contribution in [0.1, 0.15) is 53.4 Å². The van der Waals surface area contributed by atoms with Crippen molar-refractivity contribution in [3.63, 3.8) is 0 Å².